The molecule has 16 heteroatoms. The fourth-order valence-corrected chi connectivity index (χ4v) is 8.93. The Balaban J connectivity index is 1.45. The van der Waals surface area contributed by atoms with Crippen molar-refractivity contribution in [1.29, 1.82) is 5.26 Å². The van der Waals surface area contributed by atoms with Gasteiger partial charge < -0.3 is 32.9 Å². The Kier molecular flexibility index (Phi) is 14.5. The maximum absolute atomic E-state index is 13.2. The zero-order valence-electron chi connectivity index (χ0n) is 34.8. The predicted octanol–water partition coefficient (Wildman–Crippen LogP) is 7.32. The Morgan fingerprint density at radius 1 is 0.983 bits per heavy atom. The lowest BCUT2D eigenvalue weighted by atomic mass is 9.80. The molecular formula is C43H53N8O7P. The van der Waals surface area contributed by atoms with Crippen LogP contribution in [-0.4, -0.2) is 101 Å². The van der Waals surface area contributed by atoms with Gasteiger partial charge in [-0.2, -0.15) is 15.3 Å². The number of ether oxygens (including phenoxy) is 4. The molecule has 1 N–H and O–H groups in total. The third-order valence-corrected chi connectivity index (χ3v) is 12.0. The number of nitrogens with zero attached hydrogens (tertiary/aromatic N) is 7. The number of fused-ring (bicyclic) bond motifs is 1. The van der Waals surface area contributed by atoms with Crippen molar-refractivity contribution in [2.24, 2.45) is 4.99 Å². The number of hydrogen-bond acceptors (Lipinski definition) is 12. The lowest BCUT2D eigenvalue weighted by molar-refractivity contribution is -0.0931. The fourth-order valence-electron chi connectivity index (χ4n) is 7.17. The van der Waals surface area contributed by atoms with Crippen LogP contribution >= 0.6 is 8.53 Å². The van der Waals surface area contributed by atoms with Gasteiger partial charge >= 0.3 is 0 Å². The minimum absolute atomic E-state index is 0.0600. The molecule has 5 aromatic rings. The van der Waals surface area contributed by atoms with E-state index in [9.17, 15) is 10.1 Å². The summed E-state index contributed by atoms with van der Waals surface area (Å²) in [5.41, 5.74) is 1.43. The van der Waals surface area contributed by atoms with Gasteiger partial charge in [0.1, 0.15) is 28.6 Å². The molecule has 59 heavy (non-hydrogen) atoms. The van der Waals surface area contributed by atoms with E-state index in [2.05, 4.69) is 58.5 Å². The number of aliphatic imine (C=N–C) groups is 1. The molecule has 0 amide bonds. The SMILES string of the molecule is COc1ccc(C(OC[C@H]2O[C@@H](n3ncc4c(=O)[nH]c(/N=C/N(C)C)nc43)CC2OP(OCCC#N)N(C(C)C)C(C)C)(c2ccccc2)c2ccc(OC)cc2)cc1. The summed E-state index contributed by atoms with van der Waals surface area (Å²) in [6.45, 7) is 8.63. The minimum atomic E-state index is -1.67. The van der Waals surface area contributed by atoms with Crippen molar-refractivity contribution < 1.29 is 28.0 Å². The van der Waals surface area contributed by atoms with E-state index in [1.165, 1.54) is 6.20 Å². The van der Waals surface area contributed by atoms with Crippen molar-refractivity contribution in [3.8, 4) is 17.6 Å². The van der Waals surface area contributed by atoms with Gasteiger partial charge in [-0.25, -0.2) is 14.3 Å². The van der Waals surface area contributed by atoms with Gasteiger partial charge in [-0.3, -0.25) is 9.78 Å². The van der Waals surface area contributed by atoms with Crippen molar-refractivity contribution in [3.63, 3.8) is 0 Å². The predicted molar refractivity (Wildman–Crippen MR) is 227 cm³/mol. The van der Waals surface area contributed by atoms with E-state index in [0.29, 0.717) is 29.0 Å². The molecule has 3 heterocycles. The lowest BCUT2D eigenvalue weighted by Gasteiger charge is -2.39. The van der Waals surface area contributed by atoms with E-state index >= 15 is 0 Å². The Morgan fingerprint density at radius 2 is 1.59 bits per heavy atom. The second-order valence-electron chi connectivity index (χ2n) is 14.8. The first-order valence-electron chi connectivity index (χ1n) is 19.6. The van der Waals surface area contributed by atoms with Crippen LogP contribution in [-0.2, 0) is 24.1 Å². The van der Waals surface area contributed by atoms with Crippen molar-refractivity contribution in [1.82, 2.24) is 29.3 Å². The number of nitrogens with one attached hydrogen (secondary N) is 1. The van der Waals surface area contributed by atoms with Crippen molar-refractivity contribution >= 4 is 31.8 Å². The average Bonchev–Trinajstić information content (AvgIpc) is 3.85. The number of benzene rings is 3. The van der Waals surface area contributed by atoms with Crippen molar-refractivity contribution in [2.45, 2.75) is 76.7 Å². The first-order chi connectivity index (χ1) is 28.5. The third kappa shape index (κ3) is 9.82. The van der Waals surface area contributed by atoms with Crippen LogP contribution in [0.15, 0.2) is 94.8 Å². The number of rotatable bonds is 19. The minimum Gasteiger partial charge on any atom is -0.497 e. The van der Waals surface area contributed by atoms with Crippen LogP contribution in [0, 0.1) is 11.3 Å². The van der Waals surface area contributed by atoms with Gasteiger partial charge in [0.05, 0.1) is 58.6 Å². The molecule has 6 rings (SSSR count). The van der Waals surface area contributed by atoms with Gasteiger partial charge in [0.25, 0.3) is 14.1 Å². The molecule has 2 aromatic heterocycles. The largest absolute Gasteiger partial charge is 0.497 e. The second kappa shape index (κ2) is 19.7. The first-order valence-corrected chi connectivity index (χ1v) is 20.7. The molecule has 1 aliphatic heterocycles. The molecular weight excluding hydrogens is 771 g/mol. The molecule has 0 bridgehead atoms. The molecule has 1 aliphatic rings. The number of H-pyrrole nitrogens is 1. The molecule has 3 aromatic carbocycles. The van der Waals surface area contributed by atoms with E-state index in [0.717, 1.165) is 16.7 Å². The fraction of sp³-hybridized carbons (Fsp3) is 0.419. The van der Waals surface area contributed by atoms with Crippen LogP contribution < -0.4 is 15.0 Å². The van der Waals surface area contributed by atoms with Gasteiger partial charge in [-0.1, -0.05) is 54.6 Å². The number of methoxy groups -OCH3 is 2. The summed E-state index contributed by atoms with van der Waals surface area (Å²) in [4.78, 5) is 26.7. The molecule has 0 aliphatic carbocycles. The van der Waals surface area contributed by atoms with E-state index in [1.807, 2.05) is 93.0 Å². The van der Waals surface area contributed by atoms with Gasteiger partial charge in [-0.15, -0.1) is 0 Å². The Bertz CT molecular complexity index is 2190. The number of aromatic amines is 1. The summed E-state index contributed by atoms with van der Waals surface area (Å²) in [6, 6.07) is 28.0. The summed E-state index contributed by atoms with van der Waals surface area (Å²) in [5, 5.41) is 14.3. The van der Waals surface area contributed by atoms with Crippen molar-refractivity contribution in [3.05, 3.63) is 112 Å². The quantitative estimate of drug-likeness (QED) is 0.0291. The van der Waals surface area contributed by atoms with Crippen LogP contribution in [0.25, 0.3) is 11.0 Å². The molecule has 0 saturated carbocycles. The van der Waals surface area contributed by atoms with E-state index in [4.69, 9.17) is 28.0 Å². The third-order valence-electron chi connectivity index (χ3n) is 9.84. The summed E-state index contributed by atoms with van der Waals surface area (Å²) in [7, 11) is 5.26. The molecule has 4 atom stereocenters. The summed E-state index contributed by atoms with van der Waals surface area (Å²) < 4.78 is 42.5. The molecule has 0 radical (unpaired) electrons. The zero-order valence-corrected chi connectivity index (χ0v) is 35.7. The van der Waals surface area contributed by atoms with Gasteiger partial charge in [-0.05, 0) is 68.7 Å². The highest BCUT2D eigenvalue weighted by Crippen LogP contribution is 2.51. The normalized spacial score (nSPS) is 17.6. The average molecular weight is 825 g/mol. The maximum atomic E-state index is 13.2. The van der Waals surface area contributed by atoms with Crippen LogP contribution in [0.5, 0.6) is 11.5 Å². The smallest absolute Gasteiger partial charge is 0.263 e. The second-order valence-corrected chi connectivity index (χ2v) is 16.2. The van der Waals surface area contributed by atoms with E-state index in [1.54, 1.807) is 30.1 Å². The molecule has 15 nitrogen and oxygen atoms in total. The van der Waals surface area contributed by atoms with Crippen LogP contribution in [0.2, 0.25) is 0 Å². The Morgan fingerprint density at radius 3 is 2.15 bits per heavy atom. The standard InChI is InChI=1S/C43H53N8O7P/c1-29(2)51(30(3)4)59(56-24-12-23-44)58-37-25-39(50-40-36(26-46-50)41(52)48-42(47-40)45-28-49(5)6)57-38(37)27-55-43(31-13-10-9-11-14-31,32-15-19-34(53-7)20-16-32)33-17-21-35(54-8)22-18-33/h9-11,13-22,26,28-30,37-39H,12,24-25,27H2,1-8H3,(H,47,48,52)/b45-28+/t37?,38-,39-,59?/m1/s1. The highest BCUT2D eigenvalue weighted by Gasteiger charge is 2.45. The van der Waals surface area contributed by atoms with Crippen LogP contribution in [0.1, 0.15) is 63.5 Å². The first kappa shape index (κ1) is 43.4. The Labute approximate surface area is 346 Å². The molecule has 1 fully saturated rings. The van der Waals surface area contributed by atoms with Crippen molar-refractivity contribution in [2.75, 3.05) is 41.5 Å². The zero-order chi connectivity index (χ0) is 42.1. The summed E-state index contributed by atoms with van der Waals surface area (Å²) in [5.74, 6) is 1.55. The number of hydrogen-bond donors (Lipinski definition) is 1. The van der Waals surface area contributed by atoms with E-state index in [-0.39, 0.29) is 43.2 Å². The topological polar surface area (TPSA) is 162 Å². The van der Waals surface area contributed by atoms with Gasteiger partial charge in [0.2, 0.25) is 5.95 Å². The number of aromatic nitrogens is 4. The van der Waals surface area contributed by atoms with Gasteiger partial charge in [0.15, 0.2) is 11.9 Å². The lowest BCUT2D eigenvalue weighted by Crippen LogP contribution is -2.39. The van der Waals surface area contributed by atoms with Crippen LogP contribution in [0.4, 0.5) is 5.95 Å². The monoisotopic (exact) mass is 824 g/mol. The van der Waals surface area contributed by atoms with E-state index < -0.39 is 32.6 Å². The molecule has 312 valence electrons. The summed E-state index contributed by atoms with van der Waals surface area (Å²) in [6.07, 6.45) is 1.62. The van der Waals surface area contributed by atoms with Gasteiger partial charge in [0, 0.05) is 32.6 Å². The number of nitriles is 1. The van der Waals surface area contributed by atoms with Crippen LogP contribution in [0.3, 0.4) is 0 Å². The molecule has 2 unspecified atom stereocenters. The highest BCUT2D eigenvalue weighted by molar-refractivity contribution is 7.44. The molecule has 0 spiro atoms. The summed E-state index contributed by atoms with van der Waals surface area (Å²) >= 11 is 0. The highest BCUT2D eigenvalue weighted by atomic mass is 31.2. The maximum Gasteiger partial charge on any atom is 0.263 e. The Hall–Kier alpha value is -5.20. The molecule has 1 saturated heterocycles.